The van der Waals surface area contributed by atoms with Gasteiger partial charge in [-0.25, -0.2) is 4.79 Å². The van der Waals surface area contributed by atoms with Gasteiger partial charge in [0, 0.05) is 25.2 Å². The summed E-state index contributed by atoms with van der Waals surface area (Å²) in [6.07, 6.45) is -0.784. The Bertz CT molecular complexity index is 662. The summed E-state index contributed by atoms with van der Waals surface area (Å²) >= 11 is 5.81. The van der Waals surface area contributed by atoms with Gasteiger partial charge in [0.05, 0.1) is 12.7 Å². The highest BCUT2D eigenvalue weighted by Crippen LogP contribution is 2.15. The standard InChI is InChI=1S/C18H21ClN2O3/c1-24-12-15-5-3-2-4-14(15)10-20-18(23)21-11-17(22)13-6-8-16(19)9-7-13/h2-9,17,22H,10-12H2,1H3,(H2,20,21,23). The predicted molar refractivity (Wildman–Crippen MR) is 93.8 cm³/mol. The van der Waals surface area contributed by atoms with Gasteiger partial charge in [0.25, 0.3) is 0 Å². The SMILES string of the molecule is COCc1ccccc1CNC(=O)NCC(O)c1ccc(Cl)cc1. The maximum absolute atomic E-state index is 11.9. The number of carbonyl (C=O) groups excluding carboxylic acids is 1. The van der Waals surface area contributed by atoms with Gasteiger partial charge in [-0.2, -0.15) is 0 Å². The first kappa shape index (κ1) is 18.3. The molecule has 0 fully saturated rings. The maximum atomic E-state index is 11.9. The van der Waals surface area contributed by atoms with Crippen LogP contribution in [0.1, 0.15) is 22.8 Å². The first-order valence-corrected chi connectivity index (χ1v) is 7.99. The summed E-state index contributed by atoms with van der Waals surface area (Å²) in [6, 6.07) is 14.3. The number of nitrogens with one attached hydrogen (secondary N) is 2. The van der Waals surface area contributed by atoms with Crippen LogP contribution in [0.3, 0.4) is 0 Å². The van der Waals surface area contributed by atoms with Crippen molar-refractivity contribution in [3.63, 3.8) is 0 Å². The quantitative estimate of drug-likeness (QED) is 0.720. The zero-order valence-corrected chi connectivity index (χ0v) is 14.2. The number of methoxy groups -OCH3 is 1. The molecule has 5 nitrogen and oxygen atoms in total. The fourth-order valence-corrected chi connectivity index (χ4v) is 2.38. The van der Waals surface area contributed by atoms with Crippen molar-refractivity contribution in [3.05, 3.63) is 70.2 Å². The second-order valence-electron chi connectivity index (χ2n) is 5.33. The molecule has 2 rings (SSSR count). The van der Waals surface area contributed by atoms with Crippen LogP contribution in [0.25, 0.3) is 0 Å². The fraction of sp³-hybridized carbons (Fsp3) is 0.278. The van der Waals surface area contributed by atoms with Crippen LogP contribution in [0.15, 0.2) is 48.5 Å². The van der Waals surface area contributed by atoms with Crippen molar-refractivity contribution in [1.82, 2.24) is 10.6 Å². The minimum absolute atomic E-state index is 0.118. The van der Waals surface area contributed by atoms with E-state index in [1.54, 1.807) is 31.4 Å². The molecular formula is C18H21ClN2O3. The third kappa shape index (κ3) is 5.53. The summed E-state index contributed by atoms with van der Waals surface area (Å²) < 4.78 is 5.14. The normalized spacial score (nSPS) is 11.8. The molecule has 24 heavy (non-hydrogen) atoms. The van der Waals surface area contributed by atoms with Gasteiger partial charge in [-0.15, -0.1) is 0 Å². The summed E-state index contributed by atoms with van der Waals surface area (Å²) in [5.41, 5.74) is 2.72. The van der Waals surface area contributed by atoms with Gasteiger partial charge in [-0.3, -0.25) is 0 Å². The van der Waals surface area contributed by atoms with Crippen LogP contribution in [0.2, 0.25) is 5.02 Å². The Balaban J connectivity index is 1.80. The van der Waals surface area contributed by atoms with E-state index in [0.717, 1.165) is 11.1 Å². The van der Waals surface area contributed by atoms with E-state index in [1.807, 2.05) is 24.3 Å². The average molecular weight is 349 g/mol. The smallest absolute Gasteiger partial charge is 0.315 e. The minimum atomic E-state index is -0.784. The molecule has 0 aliphatic heterocycles. The third-order valence-corrected chi connectivity index (χ3v) is 3.82. The van der Waals surface area contributed by atoms with Gasteiger partial charge < -0.3 is 20.5 Å². The zero-order chi connectivity index (χ0) is 17.4. The van der Waals surface area contributed by atoms with Crippen molar-refractivity contribution >= 4 is 17.6 Å². The van der Waals surface area contributed by atoms with Gasteiger partial charge in [-0.1, -0.05) is 48.0 Å². The Morgan fingerprint density at radius 1 is 1.12 bits per heavy atom. The van der Waals surface area contributed by atoms with Crippen molar-refractivity contribution in [3.8, 4) is 0 Å². The lowest BCUT2D eigenvalue weighted by atomic mass is 10.1. The number of benzene rings is 2. The zero-order valence-electron chi connectivity index (χ0n) is 13.5. The Kier molecular flexibility index (Phi) is 7.06. The number of urea groups is 1. The number of amides is 2. The molecule has 0 saturated carbocycles. The number of aliphatic hydroxyl groups is 1. The van der Waals surface area contributed by atoms with Crippen LogP contribution in [0.5, 0.6) is 0 Å². The molecule has 2 aromatic rings. The second kappa shape index (κ2) is 9.27. The molecule has 0 bridgehead atoms. The van der Waals surface area contributed by atoms with Gasteiger partial charge in [0.2, 0.25) is 0 Å². The van der Waals surface area contributed by atoms with E-state index in [0.29, 0.717) is 23.7 Å². The van der Waals surface area contributed by atoms with E-state index in [9.17, 15) is 9.90 Å². The molecule has 0 saturated heterocycles. The molecule has 0 aromatic heterocycles. The van der Waals surface area contributed by atoms with Crippen molar-refractivity contribution in [2.75, 3.05) is 13.7 Å². The fourth-order valence-electron chi connectivity index (χ4n) is 2.26. The summed E-state index contributed by atoms with van der Waals surface area (Å²) in [5.74, 6) is 0. The number of ether oxygens (including phenoxy) is 1. The molecule has 6 heteroatoms. The van der Waals surface area contributed by atoms with Crippen LogP contribution in [0, 0.1) is 0 Å². The number of carbonyl (C=O) groups is 1. The molecule has 3 N–H and O–H groups in total. The van der Waals surface area contributed by atoms with E-state index in [2.05, 4.69) is 10.6 Å². The summed E-state index contributed by atoms with van der Waals surface area (Å²) in [4.78, 5) is 11.9. The molecule has 0 aliphatic carbocycles. The second-order valence-corrected chi connectivity index (χ2v) is 5.77. The summed E-state index contributed by atoms with van der Waals surface area (Å²) in [5, 5.41) is 16.1. The van der Waals surface area contributed by atoms with Crippen molar-refractivity contribution in [2.24, 2.45) is 0 Å². The largest absolute Gasteiger partial charge is 0.387 e. The molecule has 2 aromatic carbocycles. The first-order valence-electron chi connectivity index (χ1n) is 7.61. The van der Waals surface area contributed by atoms with Gasteiger partial charge in [0.15, 0.2) is 0 Å². The monoisotopic (exact) mass is 348 g/mol. The molecule has 1 atom stereocenters. The van der Waals surface area contributed by atoms with Crippen LogP contribution < -0.4 is 10.6 Å². The van der Waals surface area contributed by atoms with Gasteiger partial charge in [0.1, 0.15) is 0 Å². The predicted octanol–water partition coefficient (Wildman–Crippen LogP) is 3.02. The Labute approximate surface area is 146 Å². The van der Waals surface area contributed by atoms with Crippen molar-refractivity contribution in [2.45, 2.75) is 19.3 Å². The number of hydrogen-bond donors (Lipinski definition) is 3. The third-order valence-electron chi connectivity index (χ3n) is 3.57. The highest BCUT2D eigenvalue weighted by atomic mass is 35.5. The number of aliphatic hydroxyl groups excluding tert-OH is 1. The molecule has 128 valence electrons. The maximum Gasteiger partial charge on any atom is 0.315 e. The van der Waals surface area contributed by atoms with Crippen molar-refractivity contribution in [1.29, 1.82) is 0 Å². The Hall–Kier alpha value is -2.08. The van der Waals surface area contributed by atoms with E-state index >= 15 is 0 Å². The number of rotatable bonds is 7. The lowest BCUT2D eigenvalue weighted by Gasteiger charge is -2.14. The number of hydrogen-bond acceptors (Lipinski definition) is 3. The highest BCUT2D eigenvalue weighted by molar-refractivity contribution is 6.30. The lowest BCUT2D eigenvalue weighted by Crippen LogP contribution is -2.37. The molecular weight excluding hydrogens is 328 g/mol. The van der Waals surface area contributed by atoms with E-state index in [1.165, 1.54) is 0 Å². The van der Waals surface area contributed by atoms with E-state index < -0.39 is 6.10 Å². The van der Waals surface area contributed by atoms with Crippen LogP contribution in [0.4, 0.5) is 4.79 Å². The summed E-state index contributed by atoms with van der Waals surface area (Å²) in [6.45, 7) is 1.00. The minimum Gasteiger partial charge on any atom is -0.387 e. The molecule has 2 amide bonds. The molecule has 0 radical (unpaired) electrons. The Morgan fingerprint density at radius 2 is 1.79 bits per heavy atom. The number of halogens is 1. The van der Waals surface area contributed by atoms with Gasteiger partial charge in [-0.05, 0) is 28.8 Å². The average Bonchev–Trinajstić information content (AvgIpc) is 2.60. The molecule has 1 unspecified atom stereocenters. The topological polar surface area (TPSA) is 70.6 Å². The van der Waals surface area contributed by atoms with Crippen LogP contribution in [-0.2, 0) is 17.9 Å². The molecule has 0 heterocycles. The Morgan fingerprint density at radius 3 is 2.46 bits per heavy atom. The molecule has 0 spiro atoms. The highest BCUT2D eigenvalue weighted by Gasteiger charge is 2.10. The van der Waals surface area contributed by atoms with Gasteiger partial charge >= 0.3 is 6.03 Å². The van der Waals surface area contributed by atoms with Crippen LogP contribution >= 0.6 is 11.6 Å². The lowest BCUT2D eigenvalue weighted by molar-refractivity contribution is 0.173. The summed E-state index contributed by atoms with van der Waals surface area (Å²) in [7, 11) is 1.63. The molecule has 0 aliphatic rings. The van der Waals surface area contributed by atoms with E-state index in [-0.39, 0.29) is 12.6 Å². The van der Waals surface area contributed by atoms with Crippen LogP contribution in [-0.4, -0.2) is 24.8 Å². The van der Waals surface area contributed by atoms with E-state index in [4.69, 9.17) is 16.3 Å². The first-order chi connectivity index (χ1) is 11.6. The van der Waals surface area contributed by atoms with Crippen molar-refractivity contribution < 1.29 is 14.6 Å².